The Bertz CT molecular complexity index is 699. The summed E-state index contributed by atoms with van der Waals surface area (Å²) in [6, 6.07) is 2.24. The normalized spacial score (nSPS) is 17.2. The monoisotopic (exact) mass is 374 g/mol. The number of hydrogen-bond acceptors (Lipinski definition) is 5. The Kier molecular flexibility index (Phi) is 6.67. The second-order valence-electron chi connectivity index (χ2n) is 7.28. The van der Waals surface area contributed by atoms with Gasteiger partial charge in [0.1, 0.15) is 11.1 Å². The highest BCUT2D eigenvalue weighted by molar-refractivity contribution is 7.16. The fourth-order valence-electron chi connectivity index (χ4n) is 3.95. The molecule has 0 bridgehead atoms. The summed E-state index contributed by atoms with van der Waals surface area (Å²) in [5.74, 6) is -0.0438. The van der Waals surface area contributed by atoms with E-state index in [1.165, 1.54) is 48.3 Å². The molecule has 0 unspecified atom stereocenters. The molecule has 6 heteroatoms. The maximum atomic E-state index is 12.1. The first kappa shape index (κ1) is 18.9. The highest BCUT2D eigenvalue weighted by Crippen LogP contribution is 2.37. The Morgan fingerprint density at radius 1 is 1.15 bits per heavy atom. The van der Waals surface area contributed by atoms with E-state index in [-0.39, 0.29) is 18.5 Å². The van der Waals surface area contributed by atoms with Crippen LogP contribution in [0.25, 0.3) is 0 Å². The topological polar surface area (TPSA) is 79.2 Å². The lowest BCUT2D eigenvalue weighted by Crippen LogP contribution is -2.21. The molecule has 0 radical (unpaired) electrons. The predicted molar refractivity (Wildman–Crippen MR) is 101 cm³/mol. The SMILES string of the molecule is N#Cc1c(NC(=O)COC(=O)CCC2CCCC2)sc2c1CCCCC2. The van der Waals surface area contributed by atoms with Gasteiger partial charge in [0.05, 0.1) is 5.56 Å². The van der Waals surface area contributed by atoms with E-state index in [4.69, 9.17) is 4.74 Å². The summed E-state index contributed by atoms with van der Waals surface area (Å²) in [5, 5.41) is 12.9. The molecule has 1 amide bonds. The van der Waals surface area contributed by atoms with Crippen LogP contribution in [0.3, 0.4) is 0 Å². The van der Waals surface area contributed by atoms with Crippen LogP contribution < -0.4 is 5.32 Å². The maximum absolute atomic E-state index is 12.1. The van der Waals surface area contributed by atoms with Crippen molar-refractivity contribution in [3.05, 3.63) is 16.0 Å². The Balaban J connectivity index is 1.48. The van der Waals surface area contributed by atoms with Crippen molar-refractivity contribution in [2.24, 2.45) is 5.92 Å². The molecule has 1 saturated carbocycles. The molecule has 1 fully saturated rings. The predicted octanol–water partition coefficient (Wildman–Crippen LogP) is 4.34. The van der Waals surface area contributed by atoms with Crippen LogP contribution in [-0.2, 0) is 27.2 Å². The van der Waals surface area contributed by atoms with Crippen molar-refractivity contribution in [3.63, 3.8) is 0 Å². The van der Waals surface area contributed by atoms with Crippen LogP contribution in [0.5, 0.6) is 0 Å². The molecule has 0 atom stereocenters. The number of nitrogens with zero attached hydrogens (tertiary/aromatic N) is 1. The Hall–Kier alpha value is -1.87. The minimum Gasteiger partial charge on any atom is -0.456 e. The summed E-state index contributed by atoms with van der Waals surface area (Å²) in [5.41, 5.74) is 1.69. The van der Waals surface area contributed by atoms with Crippen LogP contribution in [-0.4, -0.2) is 18.5 Å². The Labute approximate surface area is 158 Å². The number of fused-ring (bicyclic) bond motifs is 1. The zero-order valence-electron chi connectivity index (χ0n) is 15.1. The van der Waals surface area contributed by atoms with Gasteiger partial charge in [0, 0.05) is 11.3 Å². The number of hydrogen-bond donors (Lipinski definition) is 1. The van der Waals surface area contributed by atoms with E-state index >= 15 is 0 Å². The summed E-state index contributed by atoms with van der Waals surface area (Å²) in [6.07, 6.45) is 11.4. The molecule has 1 aromatic heterocycles. The number of carbonyl (C=O) groups excluding carboxylic acids is 2. The molecule has 3 rings (SSSR count). The first-order chi connectivity index (χ1) is 12.7. The first-order valence-corrected chi connectivity index (χ1v) is 10.5. The number of ether oxygens (including phenoxy) is 1. The van der Waals surface area contributed by atoms with Gasteiger partial charge in [-0.15, -0.1) is 11.3 Å². The second-order valence-corrected chi connectivity index (χ2v) is 8.38. The highest BCUT2D eigenvalue weighted by atomic mass is 32.1. The number of nitriles is 1. The number of rotatable bonds is 6. The molecule has 1 aromatic rings. The van der Waals surface area contributed by atoms with Gasteiger partial charge in [0.25, 0.3) is 5.91 Å². The zero-order chi connectivity index (χ0) is 18.4. The average molecular weight is 375 g/mol. The number of amides is 1. The van der Waals surface area contributed by atoms with Crippen molar-refractivity contribution in [2.75, 3.05) is 11.9 Å². The number of aryl methyl sites for hydroxylation is 1. The molecule has 1 N–H and O–H groups in total. The lowest BCUT2D eigenvalue weighted by atomic mass is 10.0. The molecular formula is C20H26N2O3S. The van der Waals surface area contributed by atoms with Crippen molar-refractivity contribution in [1.29, 1.82) is 5.26 Å². The van der Waals surface area contributed by atoms with Crippen molar-refractivity contribution in [1.82, 2.24) is 0 Å². The molecule has 2 aliphatic rings. The minimum absolute atomic E-state index is 0.281. The maximum Gasteiger partial charge on any atom is 0.306 e. The van der Waals surface area contributed by atoms with Crippen LogP contribution in [0.4, 0.5) is 5.00 Å². The van der Waals surface area contributed by atoms with Crippen molar-refractivity contribution >= 4 is 28.2 Å². The fraction of sp³-hybridized carbons (Fsp3) is 0.650. The molecule has 0 spiro atoms. The van der Waals surface area contributed by atoms with Gasteiger partial charge in [0.15, 0.2) is 6.61 Å². The lowest BCUT2D eigenvalue weighted by molar-refractivity contribution is -0.147. The summed E-state index contributed by atoms with van der Waals surface area (Å²) in [7, 11) is 0. The van der Waals surface area contributed by atoms with E-state index in [1.54, 1.807) is 0 Å². The molecule has 0 aromatic carbocycles. The summed E-state index contributed by atoms with van der Waals surface area (Å²) < 4.78 is 5.10. The zero-order valence-corrected chi connectivity index (χ0v) is 16.0. The van der Waals surface area contributed by atoms with E-state index in [9.17, 15) is 14.9 Å². The third-order valence-electron chi connectivity index (χ3n) is 5.38. The van der Waals surface area contributed by atoms with Crippen LogP contribution in [0, 0.1) is 17.2 Å². The Morgan fingerprint density at radius 3 is 2.69 bits per heavy atom. The van der Waals surface area contributed by atoms with Gasteiger partial charge in [-0.25, -0.2) is 0 Å². The summed E-state index contributed by atoms with van der Waals surface area (Å²) in [6.45, 7) is -0.281. The van der Waals surface area contributed by atoms with Crippen LogP contribution in [0.2, 0.25) is 0 Å². The largest absolute Gasteiger partial charge is 0.456 e. The van der Waals surface area contributed by atoms with Gasteiger partial charge in [-0.2, -0.15) is 5.26 Å². The van der Waals surface area contributed by atoms with Gasteiger partial charge >= 0.3 is 5.97 Å². The van der Waals surface area contributed by atoms with E-state index in [1.807, 2.05) is 0 Å². The second kappa shape index (κ2) is 9.18. The molecule has 0 aliphatic heterocycles. The van der Waals surface area contributed by atoms with Crippen molar-refractivity contribution < 1.29 is 14.3 Å². The van der Waals surface area contributed by atoms with Crippen LogP contribution >= 0.6 is 11.3 Å². The highest BCUT2D eigenvalue weighted by Gasteiger charge is 2.21. The average Bonchev–Trinajstić information content (AvgIpc) is 3.20. The number of thiophene rings is 1. The number of anilines is 1. The molecular weight excluding hydrogens is 348 g/mol. The summed E-state index contributed by atoms with van der Waals surface area (Å²) in [4.78, 5) is 25.2. The van der Waals surface area contributed by atoms with Gasteiger partial charge < -0.3 is 10.1 Å². The molecule has 26 heavy (non-hydrogen) atoms. The third kappa shape index (κ3) is 4.85. The van der Waals surface area contributed by atoms with E-state index in [0.29, 0.717) is 22.9 Å². The van der Waals surface area contributed by atoms with E-state index in [2.05, 4.69) is 11.4 Å². The minimum atomic E-state index is -0.368. The van der Waals surface area contributed by atoms with Crippen molar-refractivity contribution in [3.8, 4) is 6.07 Å². The van der Waals surface area contributed by atoms with Crippen LogP contribution in [0.1, 0.15) is 73.8 Å². The molecule has 140 valence electrons. The first-order valence-electron chi connectivity index (χ1n) is 9.67. The number of carbonyl (C=O) groups is 2. The fourth-order valence-corrected chi connectivity index (χ4v) is 5.21. The summed E-state index contributed by atoms with van der Waals surface area (Å²) >= 11 is 1.49. The smallest absolute Gasteiger partial charge is 0.306 e. The quantitative estimate of drug-likeness (QED) is 0.593. The third-order valence-corrected chi connectivity index (χ3v) is 6.59. The standard InChI is InChI=1S/C20H26N2O3S/c21-12-16-15-8-2-1-3-9-17(15)26-20(16)22-18(23)13-25-19(24)11-10-14-6-4-5-7-14/h14H,1-11,13H2,(H,22,23). The van der Waals surface area contributed by atoms with Gasteiger partial charge in [-0.3, -0.25) is 9.59 Å². The molecule has 1 heterocycles. The van der Waals surface area contributed by atoms with Gasteiger partial charge in [0.2, 0.25) is 0 Å². The van der Waals surface area contributed by atoms with Crippen LogP contribution in [0.15, 0.2) is 0 Å². The lowest BCUT2D eigenvalue weighted by Gasteiger charge is -2.09. The number of esters is 1. The van der Waals surface area contributed by atoms with Gasteiger partial charge in [-0.05, 0) is 43.6 Å². The molecule has 2 aliphatic carbocycles. The van der Waals surface area contributed by atoms with Gasteiger partial charge in [-0.1, -0.05) is 32.1 Å². The Morgan fingerprint density at radius 2 is 1.92 bits per heavy atom. The van der Waals surface area contributed by atoms with E-state index < -0.39 is 0 Å². The van der Waals surface area contributed by atoms with Crippen molar-refractivity contribution in [2.45, 2.75) is 70.6 Å². The number of nitrogens with one attached hydrogen (secondary N) is 1. The molecule has 0 saturated heterocycles. The molecule has 5 nitrogen and oxygen atoms in total. The van der Waals surface area contributed by atoms with E-state index in [0.717, 1.165) is 37.7 Å².